The molecular formula is C12H8Cl2N2. The highest BCUT2D eigenvalue weighted by Crippen LogP contribution is 2.41. The minimum absolute atomic E-state index is 0.566. The van der Waals surface area contributed by atoms with Gasteiger partial charge in [0.1, 0.15) is 5.69 Å². The first-order chi connectivity index (χ1) is 7.67. The van der Waals surface area contributed by atoms with Crippen molar-refractivity contribution in [2.45, 2.75) is 10.8 Å². The summed E-state index contributed by atoms with van der Waals surface area (Å²) in [6.07, 6.45) is 4.40. The lowest BCUT2D eigenvalue weighted by Crippen LogP contribution is -2.17. The van der Waals surface area contributed by atoms with Crippen LogP contribution in [-0.2, 0) is 4.33 Å². The molecule has 2 nitrogen and oxygen atoms in total. The van der Waals surface area contributed by atoms with Gasteiger partial charge in [-0.2, -0.15) is 0 Å². The minimum atomic E-state index is -0.957. The molecule has 2 aromatic rings. The molecule has 0 aliphatic heterocycles. The average molecular weight is 251 g/mol. The fourth-order valence-electron chi connectivity index (χ4n) is 1.81. The Hall–Kier alpha value is -1.12. The highest BCUT2D eigenvalue weighted by molar-refractivity contribution is 6.48. The molecule has 0 unspecified atom stereocenters. The molecule has 0 atom stereocenters. The van der Waals surface area contributed by atoms with E-state index in [1.165, 1.54) is 0 Å². The second kappa shape index (κ2) is 3.44. The molecule has 80 valence electrons. The molecule has 1 heterocycles. The number of hydrogen-bond donors (Lipinski definition) is 0. The van der Waals surface area contributed by atoms with Crippen molar-refractivity contribution >= 4 is 40.3 Å². The van der Waals surface area contributed by atoms with Gasteiger partial charge >= 0.3 is 0 Å². The minimum Gasteiger partial charge on any atom is -0.246 e. The quantitative estimate of drug-likeness (QED) is 0.667. The number of allylic oxidation sites excluding steroid dienone is 1. The number of benzene rings is 1. The predicted octanol–water partition coefficient (Wildman–Crippen LogP) is 3.68. The number of alkyl halides is 2. The van der Waals surface area contributed by atoms with Crippen LogP contribution in [-0.4, -0.2) is 9.97 Å². The van der Waals surface area contributed by atoms with E-state index in [4.69, 9.17) is 23.2 Å². The summed E-state index contributed by atoms with van der Waals surface area (Å²) in [7, 11) is 0. The van der Waals surface area contributed by atoms with Crippen molar-refractivity contribution in [3.8, 4) is 0 Å². The van der Waals surface area contributed by atoms with E-state index in [1.807, 2.05) is 36.4 Å². The Morgan fingerprint density at radius 3 is 2.50 bits per heavy atom. The Labute approximate surface area is 103 Å². The van der Waals surface area contributed by atoms with Gasteiger partial charge in [-0.25, -0.2) is 9.97 Å². The Balaban J connectivity index is 2.35. The van der Waals surface area contributed by atoms with Gasteiger partial charge < -0.3 is 0 Å². The van der Waals surface area contributed by atoms with Gasteiger partial charge in [0.25, 0.3) is 0 Å². The van der Waals surface area contributed by atoms with E-state index in [2.05, 4.69) is 9.97 Å². The van der Waals surface area contributed by atoms with Crippen molar-refractivity contribution in [2.24, 2.45) is 0 Å². The van der Waals surface area contributed by atoms with Crippen molar-refractivity contribution in [3.05, 3.63) is 41.7 Å². The lowest BCUT2D eigenvalue weighted by molar-refractivity contribution is 0.808. The summed E-state index contributed by atoms with van der Waals surface area (Å²) in [6, 6.07) is 7.69. The maximum Gasteiger partial charge on any atom is 0.165 e. The van der Waals surface area contributed by atoms with Gasteiger partial charge in [-0.3, -0.25) is 0 Å². The lowest BCUT2D eigenvalue weighted by atomic mass is 10.1. The molecule has 1 aliphatic rings. The molecule has 0 N–H and O–H groups in total. The van der Waals surface area contributed by atoms with Crippen molar-refractivity contribution in [1.82, 2.24) is 9.97 Å². The average Bonchev–Trinajstić information content (AvgIpc) is 2.27. The molecule has 1 aromatic heterocycles. The number of nitrogens with zero attached hydrogens (tertiary/aromatic N) is 2. The summed E-state index contributed by atoms with van der Waals surface area (Å²) in [5.74, 6) is 0. The topological polar surface area (TPSA) is 25.8 Å². The van der Waals surface area contributed by atoms with Crippen LogP contribution in [0.25, 0.3) is 17.1 Å². The standard InChI is InChI=1S/C12H8Cl2N2/c13-12(14)7-3-6-10-11(12)16-9-5-2-1-4-8(9)15-10/h1-6H,7H2. The number of para-hydroxylation sites is 2. The zero-order chi connectivity index (χ0) is 11.2. The van der Waals surface area contributed by atoms with Crippen molar-refractivity contribution in [2.75, 3.05) is 0 Å². The molecule has 0 spiro atoms. The fourth-order valence-corrected chi connectivity index (χ4v) is 2.27. The van der Waals surface area contributed by atoms with Gasteiger partial charge in [0.15, 0.2) is 4.33 Å². The highest BCUT2D eigenvalue weighted by Gasteiger charge is 2.32. The van der Waals surface area contributed by atoms with E-state index in [9.17, 15) is 0 Å². The van der Waals surface area contributed by atoms with E-state index in [0.29, 0.717) is 12.1 Å². The van der Waals surface area contributed by atoms with E-state index >= 15 is 0 Å². The van der Waals surface area contributed by atoms with E-state index < -0.39 is 4.33 Å². The summed E-state index contributed by atoms with van der Waals surface area (Å²) >= 11 is 12.4. The Bertz CT molecular complexity index is 591. The number of halogens is 2. The molecule has 0 radical (unpaired) electrons. The van der Waals surface area contributed by atoms with Crippen LogP contribution < -0.4 is 0 Å². The van der Waals surface area contributed by atoms with E-state index in [-0.39, 0.29) is 0 Å². The molecule has 0 saturated carbocycles. The summed E-state index contributed by atoms with van der Waals surface area (Å²) in [5, 5.41) is 0. The third-order valence-electron chi connectivity index (χ3n) is 2.59. The molecule has 1 aliphatic carbocycles. The Kier molecular flexibility index (Phi) is 2.16. The van der Waals surface area contributed by atoms with Crippen molar-refractivity contribution < 1.29 is 0 Å². The zero-order valence-corrected chi connectivity index (χ0v) is 9.83. The molecule has 1 aromatic carbocycles. The zero-order valence-electron chi connectivity index (χ0n) is 8.32. The van der Waals surface area contributed by atoms with Crippen LogP contribution in [0, 0.1) is 0 Å². The SMILES string of the molecule is ClC1(Cl)CC=Cc2nc3ccccc3nc21. The van der Waals surface area contributed by atoms with Crippen LogP contribution in [0.4, 0.5) is 0 Å². The van der Waals surface area contributed by atoms with Gasteiger partial charge in [-0.1, -0.05) is 41.4 Å². The Morgan fingerprint density at radius 1 is 1.06 bits per heavy atom. The number of aromatic nitrogens is 2. The summed E-state index contributed by atoms with van der Waals surface area (Å²) in [4.78, 5) is 8.98. The first kappa shape index (κ1) is 10.1. The highest BCUT2D eigenvalue weighted by atomic mass is 35.5. The van der Waals surface area contributed by atoms with Crippen LogP contribution in [0.15, 0.2) is 30.3 Å². The van der Waals surface area contributed by atoms with Crippen LogP contribution in [0.3, 0.4) is 0 Å². The molecule has 16 heavy (non-hydrogen) atoms. The second-order valence-corrected chi connectivity index (χ2v) is 5.24. The third kappa shape index (κ3) is 1.49. The molecule has 0 amide bonds. The molecule has 0 fully saturated rings. The van der Waals surface area contributed by atoms with Crippen molar-refractivity contribution in [1.29, 1.82) is 0 Å². The van der Waals surface area contributed by atoms with Crippen molar-refractivity contribution in [3.63, 3.8) is 0 Å². The second-order valence-electron chi connectivity index (χ2n) is 3.76. The molecule has 0 saturated heterocycles. The van der Waals surface area contributed by atoms with Crippen LogP contribution in [0.5, 0.6) is 0 Å². The smallest absolute Gasteiger partial charge is 0.165 e. The Morgan fingerprint density at radius 2 is 1.75 bits per heavy atom. The first-order valence-electron chi connectivity index (χ1n) is 4.98. The summed E-state index contributed by atoms with van der Waals surface area (Å²) in [5.41, 5.74) is 3.09. The monoisotopic (exact) mass is 250 g/mol. The fraction of sp³-hybridized carbons (Fsp3) is 0.167. The van der Waals surface area contributed by atoms with Gasteiger partial charge in [-0.05, 0) is 18.2 Å². The lowest BCUT2D eigenvalue weighted by Gasteiger charge is -2.22. The molecule has 4 heteroatoms. The van der Waals surface area contributed by atoms with E-state index in [1.54, 1.807) is 0 Å². The van der Waals surface area contributed by atoms with Crippen LogP contribution in [0.2, 0.25) is 0 Å². The van der Waals surface area contributed by atoms with Gasteiger partial charge in [0.05, 0.1) is 16.7 Å². The summed E-state index contributed by atoms with van der Waals surface area (Å²) in [6.45, 7) is 0. The summed E-state index contributed by atoms with van der Waals surface area (Å²) < 4.78 is -0.957. The number of rotatable bonds is 0. The number of hydrogen-bond acceptors (Lipinski definition) is 2. The van der Waals surface area contributed by atoms with Gasteiger partial charge in [0.2, 0.25) is 0 Å². The van der Waals surface area contributed by atoms with Crippen LogP contribution in [0.1, 0.15) is 17.8 Å². The third-order valence-corrected chi connectivity index (χ3v) is 3.26. The molecule has 3 rings (SSSR count). The van der Waals surface area contributed by atoms with Crippen LogP contribution >= 0.6 is 23.2 Å². The predicted molar refractivity (Wildman–Crippen MR) is 66.6 cm³/mol. The van der Waals surface area contributed by atoms with Gasteiger partial charge in [-0.15, -0.1) is 0 Å². The maximum atomic E-state index is 6.21. The molecular weight excluding hydrogens is 243 g/mol. The van der Waals surface area contributed by atoms with E-state index in [0.717, 1.165) is 16.7 Å². The molecule has 0 bridgehead atoms. The maximum absolute atomic E-state index is 6.21. The largest absolute Gasteiger partial charge is 0.246 e. The number of fused-ring (bicyclic) bond motifs is 2. The van der Waals surface area contributed by atoms with Gasteiger partial charge in [0, 0.05) is 6.42 Å². The first-order valence-corrected chi connectivity index (χ1v) is 5.74. The normalized spacial score (nSPS) is 17.4.